The minimum Gasteiger partial charge on any atom is -0.465 e. The first kappa shape index (κ1) is 14.1. The lowest BCUT2D eigenvalue weighted by atomic mass is 10.1. The van der Waals surface area contributed by atoms with Crippen molar-refractivity contribution in [3.8, 4) is 0 Å². The van der Waals surface area contributed by atoms with E-state index in [2.05, 4.69) is 10.3 Å². The first-order valence-electron chi connectivity index (χ1n) is 7.03. The largest absolute Gasteiger partial charge is 0.465 e. The van der Waals surface area contributed by atoms with Crippen LogP contribution in [0, 0.1) is 0 Å². The van der Waals surface area contributed by atoms with Gasteiger partial charge in [0.15, 0.2) is 0 Å². The number of nitrogens with one attached hydrogen (secondary N) is 1. The van der Waals surface area contributed by atoms with Crippen molar-refractivity contribution in [1.82, 2.24) is 4.98 Å². The zero-order valence-electron chi connectivity index (χ0n) is 12.2. The Labute approximate surface area is 128 Å². The lowest BCUT2D eigenvalue weighted by molar-refractivity contribution is 0.0600. The molecule has 0 bridgehead atoms. The van der Waals surface area contributed by atoms with Crippen LogP contribution in [0.4, 0.5) is 5.69 Å². The lowest BCUT2D eigenvalue weighted by Gasteiger charge is -2.09. The topological polar surface area (TPSA) is 51.2 Å². The first-order chi connectivity index (χ1) is 10.8. The number of hydrogen-bond acceptors (Lipinski definition) is 4. The minimum atomic E-state index is -0.322. The highest BCUT2D eigenvalue weighted by atomic mass is 16.5. The Balaban J connectivity index is 1.75. The van der Waals surface area contributed by atoms with Crippen LogP contribution in [0.25, 0.3) is 10.9 Å². The van der Waals surface area contributed by atoms with Crippen molar-refractivity contribution in [2.75, 3.05) is 12.4 Å². The van der Waals surface area contributed by atoms with Gasteiger partial charge >= 0.3 is 5.97 Å². The van der Waals surface area contributed by atoms with Crippen LogP contribution in [-0.4, -0.2) is 18.1 Å². The van der Waals surface area contributed by atoms with E-state index in [4.69, 9.17) is 4.74 Å². The molecule has 1 heterocycles. The lowest BCUT2D eigenvalue weighted by Crippen LogP contribution is -2.03. The van der Waals surface area contributed by atoms with Crippen molar-refractivity contribution in [1.29, 1.82) is 0 Å². The predicted octanol–water partition coefficient (Wildman–Crippen LogP) is 3.63. The van der Waals surface area contributed by atoms with Gasteiger partial charge in [0, 0.05) is 18.1 Å². The van der Waals surface area contributed by atoms with Crippen LogP contribution in [0.3, 0.4) is 0 Å². The monoisotopic (exact) mass is 292 g/mol. The molecule has 0 atom stereocenters. The number of anilines is 1. The minimum absolute atomic E-state index is 0.322. The molecule has 1 N–H and O–H groups in total. The summed E-state index contributed by atoms with van der Waals surface area (Å²) in [6.45, 7) is 0.664. The van der Waals surface area contributed by atoms with Crippen molar-refractivity contribution in [3.63, 3.8) is 0 Å². The molecule has 0 aliphatic heterocycles. The van der Waals surface area contributed by atoms with Crippen molar-refractivity contribution in [2.45, 2.75) is 6.54 Å². The number of carbonyl (C=O) groups is 1. The number of hydrogen-bond donors (Lipinski definition) is 1. The summed E-state index contributed by atoms with van der Waals surface area (Å²) in [4.78, 5) is 15.8. The molecule has 0 aliphatic rings. The van der Waals surface area contributed by atoms with E-state index in [-0.39, 0.29) is 5.97 Å². The van der Waals surface area contributed by atoms with Crippen LogP contribution >= 0.6 is 0 Å². The second kappa shape index (κ2) is 6.26. The number of para-hydroxylation sites is 1. The quantitative estimate of drug-likeness (QED) is 0.746. The summed E-state index contributed by atoms with van der Waals surface area (Å²) in [5.74, 6) is -0.322. The normalized spacial score (nSPS) is 10.4. The van der Waals surface area contributed by atoms with E-state index in [0.29, 0.717) is 12.1 Å². The fourth-order valence-corrected chi connectivity index (χ4v) is 2.32. The highest BCUT2D eigenvalue weighted by Gasteiger charge is 2.05. The molecule has 22 heavy (non-hydrogen) atoms. The molecule has 2 aromatic carbocycles. The number of methoxy groups -OCH3 is 1. The number of pyridine rings is 1. The molecule has 0 fully saturated rings. The van der Waals surface area contributed by atoms with Crippen LogP contribution in [0.5, 0.6) is 0 Å². The maximum Gasteiger partial charge on any atom is 0.337 e. The van der Waals surface area contributed by atoms with Gasteiger partial charge in [-0.05, 0) is 29.8 Å². The van der Waals surface area contributed by atoms with Crippen LogP contribution in [0.15, 0.2) is 60.8 Å². The van der Waals surface area contributed by atoms with Crippen LogP contribution in [-0.2, 0) is 11.3 Å². The van der Waals surface area contributed by atoms with E-state index in [0.717, 1.165) is 22.2 Å². The summed E-state index contributed by atoms with van der Waals surface area (Å²) in [5.41, 5.74) is 3.59. The summed E-state index contributed by atoms with van der Waals surface area (Å²) in [6, 6.07) is 17.4. The van der Waals surface area contributed by atoms with Gasteiger partial charge in [0.05, 0.1) is 23.9 Å². The van der Waals surface area contributed by atoms with Crippen molar-refractivity contribution in [3.05, 3.63) is 71.9 Å². The fourth-order valence-electron chi connectivity index (χ4n) is 2.32. The summed E-state index contributed by atoms with van der Waals surface area (Å²) in [5, 5.41) is 4.49. The molecule has 4 nitrogen and oxygen atoms in total. The summed E-state index contributed by atoms with van der Waals surface area (Å²) in [7, 11) is 1.38. The Kier molecular flexibility index (Phi) is 4.01. The van der Waals surface area contributed by atoms with Crippen molar-refractivity contribution >= 4 is 22.6 Å². The van der Waals surface area contributed by atoms with Gasteiger partial charge in [-0.15, -0.1) is 0 Å². The van der Waals surface area contributed by atoms with Crippen molar-refractivity contribution < 1.29 is 9.53 Å². The Morgan fingerprint density at radius 3 is 2.64 bits per heavy atom. The zero-order chi connectivity index (χ0) is 15.4. The molecule has 1 aromatic heterocycles. The maximum atomic E-state index is 11.4. The predicted molar refractivity (Wildman–Crippen MR) is 86.9 cm³/mol. The Morgan fingerprint density at radius 2 is 1.86 bits per heavy atom. The van der Waals surface area contributed by atoms with E-state index >= 15 is 0 Å². The number of carbonyl (C=O) groups excluding carboxylic acids is 1. The molecule has 3 aromatic rings. The van der Waals surface area contributed by atoms with E-state index in [1.165, 1.54) is 7.11 Å². The molecule has 0 unspecified atom stereocenters. The molecule has 0 saturated carbocycles. The molecule has 0 amide bonds. The van der Waals surface area contributed by atoms with Gasteiger partial charge in [-0.3, -0.25) is 4.98 Å². The highest BCUT2D eigenvalue weighted by Crippen LogP contribution is 2.21. The number of rotatable bonds is 4. The second-order valence-electron chi connectivity index (χ2n) is 4.92. The Bertz CT molecular complexity index is 792. The van der Waals surface area contributed by atoms with Crippen LogP contribution in [0.1, 0.15) is 15.9 Å². The number of benzene rings is 2. The third-order valence-electron chi connectivity index (χ3n) is 3.49. The third-order valence-corrected chi connectivity index (χ3v) is 3.49. The molecule has 0 radical (unpaired) electrons. The van der Waals surface area contributed by atoms with Gasteiger partial charge in [-0.25, -0.2) is 4.79 Å². The van der Waals surface area contributed by atoms with Gasteiger partial charge in [0.2, 0.25) is 0 Å². The number of nitrogens with zero attached hydrogens (tertiary/aromatic N) is 1. The SMILES string of the molecule is COC(=O)c1ccc(CNc2cccc3cccnc23)cc1. The average molecular weight is 292 g/mol. The zero-order valence-corrected chi connectivity index (χ0v) is 12.2. The molecular formula is C18H16N2O2. The van der Waals surface area contributed by atoms with Gasteiger partial charge < -0.3 is 10.1 Å². The number of fused-ring (bicyclic) bond motifs is 1. The third kappa shape index (κ3) is 2.91. The van der Waals surface area contributed by atoms with Crippen molar-refractivity contribution in [2.24, 2.45) is 0 Å². The number of aromatic nitrogens is 1. The summed E-state index contributed by atoms with van der Waals surface area (Å²) >= 11 is 0. The van der Waals surface area contributed by atoms with Crippen LogP contribution in [0.2, 0.25) is 0 Å². The van der Waals surface area contributed by atoms with E-state index in [1.807, 2.05) is 42.5 Å². The molecule has 0 spiro atoms. The molecule has 3 rings (SSSR count). The fraction of sp³-hybridized carbons (Fsp3) is 0.111. The van der Waals surface area contributed by atoms with E-state index in [9.17, 15) is 4.79 Å². The maximum absolute atomic E-state index is 11.4. The average Bonchev–Trinajstić information content (AvgIpc) is 2.59. The second-order valence-corrected chi connectivity index (χ2v) is 4.92. The van der Waals surface area contributed by atoms with E-state index < -0.39 is 0 Å². The Morgan fingerprint density at radius 1 is 1.09 bits per heavy atom. The molecule has 110 valence electrons. The molecule has 4 heteroatoms. The molecular weight excluding hydrogens is 276 g/mol. The molecule has 0 saturated heterocycles. The van der Waals surface area contributed by atoms with E-state index in [1.54, 1.807) is 18.3 Å². The summed E-state index contributed by atoms with van der Waals surface area (Å²) < 4.78 is 4.69. The number of esters is 1. The van der Waals surface area contributed by atoms with Gasteiger partial charge in [0.1, 0.15) is 0 Å². The summed E-state index contributed by atoms with van der Waals surface area (Å²) in [6.07, 6.45) is 1.79. The van der Waals surface area contributed by atoms with Gasteiger partial charge in [0.25, 0.3) is 0 Å². The van der Waals surface area contributed by atoms with Crippen LogP contribution < -0.4 is 5.32 Å². The first-order valence-corrected chi connectivity index (χ1v) is 7.03. The Hall–Kier alpha value is -2.88. The molecule has 0 aliphatic carbocycles. The standard InChI is InChI=1S/C18H16N2O2/c1-22-18(21)15-9-7-13(8-10-15)12-20-16-6-2-4-14-5-3-11-19-17(14)16/h2-11,20H,12H2,1H3. The highest BCUT2D eigenvalue weighted by molar-refractivity contribution is 5.90. The smallest absolute Gasteiger partial charge is 0.337 e. The van der Waals surface area contributed by atoms with Gasteiger partial charge in [-0.1, -0.05) is 30.3 Å². The number of ether oxygens (including phenoxy) is 1. The van der Waals surface area contributed by atoms with Gasteiger partial charge in [-0.2, -0.15) is 0 Å².